The van der Waals surface area contributed by atoms with E-state index in [0.717, 1.165) is 6.42 Å². The third-order valence-electron chi connectivity index (χ3n) is 2.90. The third kappa shape index (κ3) is 4.20. The second-order valence-corrected chi connectivity index (χ2v) is 4.97. The molecule has 0 atom stereocenters. The molecule has 0 unspecified atom stereocenters. The number of carboxylic acid groups (broad SMARTS) is 1. The first kappa shape index (κ1) is 14.2. The van der Waals surface area contributed by atoms with Crippen LogP contribution in [0.3, 0.4) is 0 Å². The maximum atomic E-state index is 11.8. The predicted octanol–water partition coefficient (Wildman–Crippen LogP) is 2.23. The molecule has 18 heavy (non-hydrogen) atoms. The van der Waals surface area contributed by atoms with Gasteiger partial charge in [-0.3, -0.25) is 4.79 Å². The van der Waals surface area contributed by atoms with Crippen molar-refractivity contribution in [3.63, 3.8) is 0 Å². The first-order chi connectivity index (χ1) is 8.34. The Morgan fingerprint density at radius 3 is 2.56 bits per heavy atom. The van der Waals surface area contributed by atoms with Gasteiger partial charge in [0.1, 0.15) is 0 Å². The molecule has 1 amide bonds. The number of aromatic carboxylic acids is 1. The highest BCUT2D eigenvalue weighted by molar-refractivity contribution is 5.88. The van der Waals surface area contributed by atoms with E-state index in [2.05, 4.69) is 5.32 Å². The zero-order chi connectivity index (χ0) is 13.8. The van der Waals surface area contributed by atoms with E-state index in [1.165, 1.54) is 12.1 Å². The Kier molecular flexibility index (Phi) is 4.48. The minimum Gasteiger partial charge on any atom is -0.478 e. The van der Waals surface area contributed by atoms with Crippen LogP contribution in [0.4, 0.5) is 0 Å². The van der Waals surface area contributed by atoms with Crippen LogP contribution in [-0.2, 0) is 11.2 Å². The molecule has 2 N–H and O–H groups in total. The van der Waals surface area contributed by atoms with Gasteiger partial charge in [0.05, 0.1) is 12.0 Å². The Labute approximate surface area is 107 Å². The van der Waals surface area contributed by atoms with Crippen molar-refractivity contribution in [1.29, 1.82) is 0 Å². The smallest absolute Gasteiger partial charge is 0.335 e. The molecule has 0 heterocycles. The maximum absolute atomic E-state index is 11.8. The summed E-state index contributed by atoms with van der Waals surface area (Å²) in [5.74, 6) is -1.07. The summed E-state index contributed by atoms with van der Waals surface area (Å²) >= 11 is 0. The van der Waals surface area contributed by atoms with Crippen LogP contribution in [0.25, 0.3) is 0 Å². The molecule has 0 saturated carbocycles. The van der Waals surface area contributed by atoms with Crippen molar-refractivity contribution in [2.75, 3.05) is 0 Å². The highest BCUT2D eigenvalue weighted by Gasteiger charge is 2.17. The molecular weight excluding hydrogens is 230 g/mol. The zero-order valence-electron chi connectivity index (χ0n) is 11.0. The van der Waals surface area contributed by atoms with E-state index < -0.39 is 5.97 Å². The highest BCUT2D eigenvalue weighted by Crippen LogP contribution is 2.09. The Balaban J connectivity index is 2.70. The van der Waals surface area contributed by atoms with E-state index in [1.807, 2.05) is 20.8 Å². The number of benzene rings is 1. The lowest BCUT2D eigenvalue weighted by atomic mass is 10.0. The van der Waals surface area contributed by atoms with Gasteiger partial charge in [-0.1, -0.05) is 19.1 Å². The zero-order valence-corrected chi connectivity index (χ0v) is 11.0. The first-order valence-corrected chi connectivity index (χ1v) is 5.97. The van der Waals surface area contributed by atoms with E-state index in [4.69, 9.17) is 5.11 Å². The monoisotopic (exact) mass is 249 g/mol. The molecule has 0 radical (unpaired) electrons. The fraction of sp³-hybridized carbons (Fsp3) is 0.429. The van der Waals surface area contributed by atoms with Gasteiger partial charge in [-0.05, 0) is 38.0 Å². The molecule has 0 aliphatic rings. The van der Waals surface area contributed by atoms with Gasteiger partial charge in [0.15, 0.2) is 0 Å². The average molecular weight is 249 g/mol. The number of carbonyl (C=O) groups excluding carboxylic acids is 1. The number of nitrogens with one attached hydrogen (secondary N) is 1. The number of rotatable bonds is 5. The quantitative estimate of drug-likeness (QED) is 0.841. The van der Waals surface area contributed by atoms with Gasteiger partial charge in [0.2, 0.25) is 5.91 Å². The standard InChI is InChI=1S/C14H19NO3/c1-4-14(2,3)15-12(16)9-10-6-5-7-11(8-10)13(17)18/h5-8H,4,9H2,1-3H3,(H,15,16)(H,17,18). The largest absolute Gasteiger partial charge is 0.478 e. The van der Waals surface area contributed by atoms with Crippen LogP contribution in [0.2, 0.25) is 0 Å². The second kappa shape index (κ2) is 5.67. The third-order valence-corrected chi connectivity index (χ3v) is 2.90. The molecule has 98 valence electrons. The van der Waals surface area contributed by atoms with Crippen molar-refractivity contribution < 1.29 is 14.7 Å². The number of carboxylic acids is 1. The minimum atomic E-state index is -0.980. The van der Waals surface area contributed by atoms with Crippen LogP contribution in [0.1, 0.15) is 43.1 Å². The molecule has 0 aliphatic carbocycles. The van der Waals surface area contributed by atoms with E-state index in [-0.39, 0.29) is 23.4 Å². The van der Waals surface area contributed by atoms with Gasteiger partial charge in [-0.25, -0.2) is 4.79 Å². The van der Waals surface area contributed by atoms with Gasteiger partial charge < -0.3 is 10.4 Å². The molecule has 1 aromatic rings. The van der Waals surface area contributed by atoms with Gasteiger partial charge >= 0.3 is 5.97 Å². The van der Waals surface area contributed by atoms with E-state index in [9.17, 15) is 9.59 Å². The van der Waals surface area contributed by atoms with Crippen molar-refractivity contribution >= 4 is 11.9 Å². The van der Waals surface area contributed by atoms with Crippen LogP contribution in [0, 0.1) is 0 Å². The molecule has 0 saturated heterocycles. The van der Waals surface area contributed by atoms with Gasteiger partial charge in [-0.2, -0.15) is 0 Å². The normalized spacial score (nSPS) is 11.1. The van der Waals surface area contributed by atoms with Crippen LogP contribution < -0.4 is 5.32 Å². The number of hydrogen-bond donors (Lipinski definition) is 2. The van der Waals surface area contributed by atoms with Crippen LogP contribution in [-0.4, -0.2) is 22.5 Å². The summed E-state index contributed by atoms with van der Waals surface area (Å²) in [6.07, 6.45) is 1.04. The van der Waals surface area contributed by atoms with Crippen molar-refractivity contribution in [2.45, 2.75) is 39.2 Å². The second-order valence-electron chi connectivity index (χ2n) is 4.97. The molecule has 0 fully saturated rings. The lowest BCUT2D eigenvalue weighted by molar-refractivity contribution is -0.122. The van der Waals surface area contributed by atoms with Crippen molar-refractivity contribution in [1.82, 2.24) is 5.32 Å². The summed E-state index contributed by atoms with van der Waals surface area (Å²) in [7, 11) is 0. The van der Waals surface area contributed by atoms with Gasteiger partial charge in [0, 0.05) is 5.54 Å². The molecule has 0 aromatic heterocycles. The van der Waals surface area contributed by atoms with Crippen molar-refractivity contribution in [3.8, 4) is 0 Å². The highest BCUT2D eigenvalue weighted by atomic mass is 16.4. The Morgan fingerprint density at radius 2 is 2.00 bits per heavy atom. The molecule has 0 spiro atoms. The fourth-order valence-corrected chi connectivity index (χ4v) is 1.51. The Morgan fingerprint density at radius 1 is 1.33 bits per heavy atom. The van der Waals surface area contributed by atoms with E-state index in [0.29, 0.717) is 5.56 Å². The van der Waals surface area contributed by atoms with Crippen molar-refractivity contribution in [2.24, 2.45) is 0 Å². The van der Waals surface area contributed by atoms with E-state index in [1.54, 1.807) is 12.1 Å². The maximum Gasteiger partial charge on any atom is 0.335 e. The average Bonchev–Trinajstić information content (AvgIpc) is 2.28. The molecular formula is C14H19NO3. The lowest BCUT2D eigenvalue weighted by Crippen LogP contribution is -2.43. The van der Waals surface area contributed by atoms with E-state index >= 15 is 0 Å². The summed E-state index contributed by atoms with van der Waals surface area (Å²) < 4.78 is 0. The minimum absolute atomic E-state index is 0.0932. The Hall–Kier alpha value is -1.84. The summed E-state index contributed by atoms with van der Waals surface area (Å²) in [6.45, 7) is 5.92. The van der Waals surface area contributed by atoms with Crippen molar-refractivity contribution in [3.05, 3.63) is 35.4 Å². The number of amides is 1. The topological polar surface area (TPSA) is 66.4 Å². The van der Waals surface area contributed by atoms with Crippen LogP contribution in [0.5, 0.6) is 0 Å². The molecule has 4 nitrogen and oxygen atoms in total. The SMILES string of the molecule is CCC(C)(C)NC(=O)Cc1cccc(C(=O)O)c1. The predicted molar refractivity (Wildman–Crippen MR) is 69.6 cm³/mol. The van der Waals surface area contributed by atoms with Gasteiger partial charge in [-0.15, -0.1) is 0 Å². The Bertz CT molecular complexity index is 452. The van der Waals surface area contributed by atoms with Crippen LogP contribution >= 0.6 is 0 Å². The van der Waals surface area contributed by atoms with Gasteiger partial charge in [0.25, 0.3) is 0 Å². The summed E-state index contributed by atoms with van der Waals surface area (Å²) in [6, 6.07) is 6.45. The summed E-state index contributed by atoms with van der Waals surface area (Å²) in [5.41, 5.74) is 0.677. The fourth-order valence-electron chi connectivity index (χ4n) is 1.51. The molecule has 0 bridgehead atoms. The number of hydrogen-bond acceptors (Lipinski definition) is 2. The molecule has 4 heteroatoms. The molecule has 1 aromatic carbocycles. The lowest BCUT2D eigenvalue weighted by Gasteiger charge is -2.24. The summed E-state index contributed by atoms with van der Waals surface area (Å²) in [5, 5.41) is 11.8. The number of carbonyl (C=O) groups is 2. The first-order valence-electron chi connectivity index (χ1n) is 5.97. The molecule has 0 aliphatic heterocycles. The molecule has 1 rings (SSSR count). The summed E-state index contributed by atoms with van der Waals surface area (Å²) in [4.78, 5) is 22.6. The van der Waals surface area contributed by atoms with Crippen LogP contribution in [0.15, 0.2) is 24.3 Å².